The number of pyridine rings is 1. The van der Waals surface area contributed by atoms with Gasteiger partial charge in [-0.3, -0.25) is 15.0 Å². The van der Waals surface area contributed by atoms with E-state index in [1.54, 1.807) is 12.1 Å². The number of anilines is 2. The van der Waals surface area contributed by atoms with Crippen LogP contribution in [0, 0.1) is 5.92 Å². The van der Waals surface area contributed by atoms with Crippen LogP contribution in [0.5, 0.6) is 0 Å². The van der Waals surface area contributed by atoms with Crippen LogP contribution < -0.4 is 10.6 Å². The fourth-order valence-corrected chi connectivity index (χ4v) is 3.32. The molecule has 0 unspecified atom stereocenters. The van der Waals surface area contributed by atoms with E-state index in [9.17, 15) is 18.0 Å². The Balaban J connectivity index is 1.42. The number of hydrogen-bond acceptors (Lipinski definition) is 7. The van der Waals surface area contributed by atoms with Crippen molar-refractivity contribution in [1.29, 1.82) is 0 Å². The van der Waals surface area contributed by atoms with E-state index in [2.05, 4.69) is 25.8 Å². The topological polar surface area (TPSA) is 83.0 Å². The highest BCUT2D eigenvalue weighted by molar-refractivity contribution is 7.13. The Labute approximate surface area is 158 Å². The molecule has 146 valence electrons. The first-order chi connectivity index (χ1) is 12.9. The number of amides is 1. The molecule has 0 aliphatic carbocycles. The number of halogens is 3. The lowest BCUT2D eigenvalue weighted by Gasteiger charge is -2.32. The van der Waals surface area contributed by atoms with Gasteiger partial charge in [0.15, 0.2) is 0 Å². The SMILES string of the molecule is O=C(Nc1nncs1)c1ccc(NCC2CCN(CC(F)(F)F)CC2)nc1. The van der Waals surface area contributed by atoms with Gasteiger partial charge in [0.05, 0.1) is 12.1 Å². The summed E-state index contributed by atoms with van der Waals surface area (Å²) in [6, 6.07) is 3.35. The quantitative estimate of drug-likeness (QED) is 0.776. The van der Waals surface area contributed by atoms with Crippen LogP contribution in [0.15, 0.2) is 23.8 Å². The Kier molecular flexibility index (Phi) is 6.22. The van der Waals surface area contributed by atoms with Crippen molar-refractivity contribution >= 4 is 28.2 Å². The summed E-state index contributed by atoms with van der Waals surface area (Å²) in [5, 5.41) is 13.6. The van der Waals surface area contributed by atoms with Crippen LogP contribution in [0.1, 0.15) is 23.2 Å². The molecule has 0 aromatic carbocycles. The zero-order valence-electron chi connectivity index (χ0n) is 14.4. The van der Waals surface area contributed by atoms with Crippen molar-refractivity contribution in [2.24, 2.45) is 5.92 Å². The third-order valence-electron chi connectivity index (χ3n) is 4.29. The molecule has 27 heavy (non-hydrogen) atoms. The first-order valence-electron chi connectivity index (χ1n) is 8.45. The lowest BCUT2D eigenvalue weighted by molar-refractivity contribution is -0.148. The molecule has 0 spiro atoms. The average Bonchev–Trinajstić information content (AvgIpc) is 3.13. The molecule has 2 aromatic heterocycles. The highest BCUT2D eigenvalue weighted by Crippen LogP contribution is 2.22. The summed E-state index contributed by atoms with van der Waals surface area (Å²) in [4.78, 5) is 17.7. The van der Waals surface area contributed by atoms with E-state index in [0.717, 1.165) is 0 Å². The van der Waals surface area contributed by atoms with E-state index in [0.29, 0.717) is 54.9 Å². The van der Waals surface area contributed by atoms with Crippen LogP contribution in [-0.4, -0.2) is 58.3 Å². The minimum Gasteiger partial charge on any atom is -0.370 e. The molecule has 0 atom stereocenters. The van der Waals surface area contributed by atoms with Crippen LogP contribution in [-0.2, 0) is 0 Å². The Morgan fingerprint density at radius 3 is 2.67 bits per heavy atom. The maximum atomic E-state index is 12.4. The van der Waals surface area contributed by atoms with E-state index in [1.807, 2.05) is 0 Å². The summed E-state index contributed by atoms with van der Waals surface area (Å²) < 4.78 is 37.2. The maximum absolute atomic E-state index is 12.4. The van der Waals surface area contributed by atoms with Crippen LogP contribution >= 0.6 is 11.3 Å². The molecule has 2 N–H and O–H groups in total. The predicted molar refractivity (Wildman–Crippen MR) is 95.8 cm³/mol. The van der Waals surface area contributed by atoms with E-state index in [-0.39, 0.29) is 5.91 Å². The number of aromatic nitrogens is 3. The number of nitrogens with one attached hydrogen (secondary N) is 2. The number of rotatable bonds is 6. The normalized spacial score (nSPS) is 16.3. The van der Waals surface area contributed by atoms with Crippen LogP contribution in [0.2, 0.25) is 0 Å². The van der Waals surface area contributed by atoms with Gasteiger partial charge in [-0.05, 0) is 44.0 Å². The smallest absolute Gasteiger partial charge is 0.370 e. The molecule has 1 aliphatic heterocycles. The zero-order chi connectivity index (χ0) is 19.3. The first kappa shape index (κ1) is 19.5. The van der Waals surface area contributed by atoms with Crippen LogP contribution in [0.4, 0.5) is 24.1 Å². The lowest BCUT2D eigenvalue weighted by Crippen LogP contribution is -2.41. The summed E-state index contributed by atoms with van der Waals surface area (Å²) in [5.74, 6) is 0.611. The molecular formula is C16H19F3N6OS. The molecule has 11 heteroatoms. The zero-order valence-corrected chi connectivity index (χ0v) is 15.2. The summed E-state index contributed by atoms with van der Waals surface area (Å²) in [6.45, 7) is 0.701. The molecule has 0 radical (unpaired) electrons. The van der Waals surface area contributed by atoms with Crippen molar-refractivity contribution < 1.29 is 18.0 Å². The second-order valence-electron chi connectivity index (χ2n) is 6.35. The number of nitrogens with zero attached hydrogens (tertiary/aromatic N) is 4. The average molecular weight is 400 g/mol. The number of carbonyl (C=O) groups excluding carboxylic acids is 1. The van der Waals surface area contributed by atoms with Crippen LogP contribution in [0.3, 0.4) is 0 Å². The fraction of sp³-hybridized carbons (Fsp3) is 0.500. The number of piperidine rings is 1. The molecule has 2 aromatic rings. The third-order valence-corrected chi connectivity index (χ3v) is 4.89. The van der Waals surface area contributed by atoms with E-state index in [4.69, 9.17) is 0 Å². The minimum absolute atomic E-state index is 0.302. The van der Waals surface area contributed by atoms with E-state index >= 15 is 0 Å². The molecular weight excluding hydrogens is 381 g/mol. The van der Waals surface area contributed by atoms with Gasteiger partial charge in [0.1, 0.15) is 11.3 Å². The summed E-state index contributed by atoms with van der Waals surface area (Å²) in [5.41, 5.74) is 1.92. The van der Waals surface area contributed by atoms with Gasteiger partial charge in [-0.1, -0.05) is 11.3 Å². The van der Waals surface area contributed by atoms with Gasteiger partial charge in [0.2, 0.25) is 5.13 Å². The highest BCUT2D eigenvalue weighted by Gasteiger charge is 2.32. The number of hydrogen-bond donors (Lipinski definition) is 2. The van der Waals surface area contributed by atoms with Crippen molar-refractivity contribution in [1.82, 2.24) is 20.1 Å². The third kappa shape index (κ3) is 6.14. The maximum Gasteiger partial charge on any atom is 0.401 e. The van der Waals surface area contributed by atoms with Gasteiger partial charge in [-0.15, -0.1) is 10.2 Å². The molecule has 1 amide bonds. The molecule has 1 aliphatic rings. The van der Waals surface area contributed by atoms with Gasteiger partial charge >= 0.3 is 6.18 Å². The van der Waals surface area contributed by atoms with Gasteiger partial charge in [0.25, 0.3) is 5.91 Å². The Hall–Kier alpha value is -2.27. The van der Waals surface area contributed by atoms with Gasteiger partial charge in [-0.25, -0.2) is 4.98 Å². The van der Waals surface area contributed by atoms with E-state index < -0.39 is 12.7 Å². The monoisotopic (exact) mass is 400 g/mol. The molecule has 0 saturated carbocycles. The standard InChI is InChI=1S/C16H19F3N6OS/c17-16(18,19)9-25-5-3-11(4-6-25)7-20-13-2-1-12(8-21-13)14(26)23-15-24-22-10-27-15/h1-2,8,10-11H,3-7,9H2,(H,20,21)(H,23,24,26). The van der Waals surface area contributed by atoms with Crippen molar-refractivity contribution in [2.75, 3.05) is 36.8 Å². The molecule has 3 rings (SSSR count). The van der Waals surface area contributed by atoms with Crippen LogP contribution in [0.25, 0.3) is 0 Å². The molecule has 0 bridgehead atoms. The fourth-order valence-electron chi connectivity index (χ4n) is 2.88. The minimum atomic E-state index is -4.14. The van der Waals surface area contributed by atoms with Crippen molar-refractivity contribution in [3.63, 3.8) is 0 Å². The van der Waals surface area contributed by atoms with Crippen molar-refractivity contribution in [2.45, 2.75) is 19.0 Å². The van der Waals surface area contributed by atoms with E-state index in [1.165, 1.54) is 27.9 Å². The number of likely N-dealkylation sites (tertiary alicyclic amines) is 1. The predicted octanol–water partition coefficient (Wildman–Crippen LogP) is 2.87. The van der Waals surface area contributed by atoms with Gasteiger partial charge in [0, 0.05) is 12.7 Å². The largest absolute Gasteiger partial charge is 0.401 e. The lowest BCUT2D eigenvalue weighted by atomic mass is 9.97. The van der Waals surface area contributed by atoms with Crippen molar-refractivity contribution in [3.05, 3.63) is 29.4 Å². The Bertz CT molecular complexity index is 730. The second kappa shape index (κ2) is 8.61. The highest BCUT2D eigenvalue weighted by atomic mass is 32.1. The molecule has 1 fully saturated rings. The van der Waals surface area contributed by atoms with Gasteiger partial charge < -0.3 is 5.32 Å². The van der Waals surface area contributed by atoms with Gasteiger partial charge in [-0.2, -0.15) is 13.2 Å². The second-order valence-corrected chi connectivity index (χ2v) is 7.18. The Morgan fingerprint density at radius 1 is 1.30 bits per heavy atom. The summed E-state index contributed by atoms with van der Waals surface area (Å²) >= 11 is 1.22. The molecule has 7 nitrogen and oxygen atoms in total. The number of carbonyl (C=O) groups is 1. The van der Waals surface area contributed by atoms with Crippen molar-refractivity contribution in [3.8, 4) is 0 Å². The summed E-state index contributed by atoms with van der Waals surface area (Å²) in [7, 11) is 0. The first-order valence-corrected chi connectivity index (χ1v) is 9.33. The summed E-state index contributed by atoms with van der Waals surface area (Å²) in [6.07, 6.45) is -1.25. The molecule has 3 heterocycles. The Morgan fingerprint density at radius 2 is 2.07 bits per heavy atom. The number of alkyl halides is 3. The molecule has 1 saturated heterocycles.